The minimum atomic E-state index is -0.694. The first-order valence-electron chi connectivity index (χ1n) is 7.62. The molecule has 3 rings (SSSR count). The lowest BCUT2D eigenvalue weighted by molar-refractivity contribution is -0.906. The first kappa shape index (κ1) is 15.6. The molecule has 0 radical (unpaired) electrons. The van der Waals surface area contributed by atoms with Crippen molar-refractivity contribution < 1.29 is 28.7 Å². The van der Waals surface area contributed by atoms with E-state index in [9.17, 15) is 9.59 Å². The zero-order valence-corrected chi connectivity index (χ0v) is 12.7. The maximum Gasteiger partial charge on any atom is 0.313 e. The summed E-state index contributed by atoms with van der Waals surface area (Å²) < 4.78 is 15.7. The first-order valence-corrected chi connectivity index (χ1v) is 7.62. The Morgan fingerprint density at radius 3 is 2.70 bits per heavy atom. The van der Waals surface area contributed by atoms with Crippen molar-refractivity contribution in [1.82, 2.24) is 5.32 Å². The average Bonchev–Trinajstić information content (AvgIpc) is 3.03. The molecule has 0 spiro atoms. The maximum absolute atomic E-state index is 11.9. The van der Waals surface area contributed by atoms with E-state index in [1.54, 1.807) is 18.2 Å². The Hall–Kier alpha value is -2.32. The van der Waals surface area contributed by atoms with Crippen LogP contribution < -0.4 is 25.0 Å². The highest BCUT2D eigenvalue weighted by molar-refractivity contribution is 6.39. The predicted molar refractivity (Wildman–Crippen MR) is 80.6 cm³/mol. The summed E-state index contributed by atoms with van der Waals surface area (Å²) in [6.45, 7) is 4.76. The van der Waals surface area contributed by atoms with E-state index in [-0.39, 0.29) is 6.79 Å². The Kier molecular flexibility index (Phi) is 4.94. The molecule has 3 N–H and O–H groups in total. The molecule has 124 valence electrons. The fourth-order valence-electron chi connectivity index (χ4n) is 2.51. The molecule has 2 heterocycles. The zero-order chi connectivity index (χ0) is 16.1. The van der Waals surface area contributed by atoms with E-state index in [1.165, 1.54) is 4.90 Å². The lowest BCUT2D eigenvalue weighted by atomic mass is 10.2. The molecular weight excluding hydrogens is 302 g/mol. The number of morpholine rings is 1. The Bertz CT molecular complexity index is 586. The van der Waals surface area contributed by atoms with Crippen LogP contribution in [0.2, 0.25) is 0 Å². The number of rotatable bonds is 4. The van der Waals surface area contributed by atoms with Gasteiger partial charge in [-0.05, 0) is 12.1 Å². The van der Waals surface area contributed by atoms with E-state index in [4.69, 9.17) is 14.2 Å². The average molecular weight is 322 g/mol. The minimum absolute atomic E-state index is 0.164. The molecule has 1 fully saturated rings. The Morgan fingerprint density at radius 1 is 1.09 bits per heavy atom. The van der Waals surface area contributed by atoms with Crippen LogP contribution >= 0.6 is 0 Å². The van der Waals surface area contributed by atoms with Gasteiger partial charge in [0, 0.05) is 11.8 Å². The molecule has 2 amide bonds. The van der Waals surface area contributed by atoms with Gasteiger partial charge in [-0.1, -0.05) is 0 Å². The molecule has 1 saturated heterocycles. The summed E-state index contributed by atoms with van der Waals surface area (Å²) in [6.07, 6.45) is 0. The van der Waals surface area contributed by atoms with Gasteiger partial charge in [-0.25, -0.2) is 0 Å². The normalized spacial score (nSPS) is 16.9. The number of fused-ring (bicyclic) bond motifs is 1. The van der Waals surface area contributed by atoms with Crippen molar-refractivity contribution in [1.29, 1.82) is 0 Å². The van der Waals surface area contributed by atoms with E-state index < -0.39 is 11.8 Å². The van der Waals surface area contributed by atoms with Crippen LogP contribution in [0.15, 0.2) is 18.2 Å². The Labute approximate surface area is 133 Å². The first-order chi connectivity index (χ1) is 11.2. The second kappa shape index (κ2) is 7.30. The molecule has 8 nitrogen and oxygen atoms in total. The summed E-state index contributed by atoms with van der Waals surface area (Å²) >= 11 is 0. The van der Waals surface area contributed by atoms with Gasteiger partial charge >= 0.3 is 11.8 Å². The summed E-state index contributed by atoms with van der Waals surface area (Å²) in [4.78, 5) is 25.1. The third-order valence-corrected chi connectivity index (χ3v) is 3.80. The fraction of sp³-hybridized carbons (Fsp3) is 0.467. The monoisotopic (exact) mass is 322 g/mol. The van der Waals surface area contributed by atoms with Crippen molar-refractivity contribution in [2.45, 2.75) is 0 Å². The molecule has 2 aliphatic rings. The van der Waals surface area contributed by atoms with Crippen LogP contribution in [0.1, 0.15) is 0 Å². The summed E-state index contributed by atoms with van der Waals surface area (Å²) in [7, 11) is 0. The second-order valence-electron chi connectivity index (χ2n) is 5.39. The minimum Gasteiger partial charge on any atom is -0.454 e. The van der Waals surface area contributed by atoms with Crippen LogP contribution in [0.5, 0.6) is 11.5 Å². The van der Waals surface area contributed by atoms with Crippen LogP contribution in [-0.2, 0) is 14.3 Å². The summed E-state index contributed by atoms with van der Waals surface area (Å²) in [5.74, 6) is -0.156. The number of anilines is 1. The van der Waals surface area contributed by atoms with Gasteiger partial charge < -0.3 is 29.7 Å². The lowest BCUT2D eigenvalue weighted by Gasteiger charge is -2.23. The molecule has 0 unspecified atom stereocenters. The molecule has 1 aromatic rings. The van der Waals surface area contributed by atoms with Crippen LogP contribution in [0.25, 0.3) is 0 Å². The lowest BCUT2D eigenvalue weighted by Crippen LogP contribution is -3.14. The molecule has 0 aromatic heterocycles. The Morgan fingerprint density at radius 2 is 1.87 bits per heavy atom. The smallest absolute Gasteiger partial charge is 0.313 e. The second-order valence-corrected chi connectivity index (χ2v) is 5.39. The van der Waals surface area contributed by atoms with Gasteiger partial charge in [0.1, 0.15) is 13.1 Å². The van der Waals surface area contributed by atoms with Crippen molar-refractivity contribution in [2.75, 3.05) is 51.5 Å². The third kappa shape index (κ3) is 4.11. The van der Waals surface area contributed by atoms with Crippen molar-refractivity contribution in [3.8, 4) is 11.5 Å². The van der Waals surface area contributed by atoms with Crippen LogP contribution in [0.4, 0.5) is 5.69 Å². The highest BCUT2D eigenvalue weighted by atomic mass is 16.7. The predicted octanol–water partition coefficient (Wildman–Crippen LogP) is -1.61. The third-order valence-electron chi connectivity index (χ3n) is 3.80. The van der Waals surface area contributed by atoms with Gasteiger partial charge in [-0.3, -0.25) is 9.59 Å². The highest BCUT2D eigenvalue weighted by Crippen LogP contribution is 2.34. The molecule has 0 saturated carbocycles. The van der Waals surface area contributed by atoms with Gasteiger partial charge in [0.2, 0.25) is 6.79 Å². The number of amides is 2. The summed E-state index contributed by atoms with van der Waals surface area (Å²) in [5, 5.41) is 5.18. The molecule has 23 heavy (non-hydrogen) atoms. The number of benzene rings is 1. The molecule has 0 bridgehead atoms. The number of carbonyl (C=O) groups excluding carboxylic acids is 2. The van der Waals surface area contributed by atoms with Gasteiger partial charge in [-0.2, -0.15) is 0 Å². The number of quaternary nitrogens is 1. The molecule has 8 heteroatoms. The molecule has 1 aromatic carbocycles. The highest BCUT2D eigenvalue weighted by Gasteiger charge is 2.18. The SMILES string of the molecule is O=C(NCC[NH+]1CCOCC1)C(=O)Nc1ccc2c(c1)OCO2. The van der Waals surface area contributed by atoms with Gasteiger partial charge in [0.15, 0.2) is 11.5 Å². The van der Waals surface area contributed by atoms with Gasteiger partial charge in [0.25, 0.3) is 0 Å². The molecule has 0 aliphatic carbocycles. The van der Waals surface area contributed by atoms with Gasteiger partial charge in [0.05, 0.1) is 26.3 Å². The van der Waals surface area contributed by atoms with Gasteiger partial charge in [-0.15, -0.1) is 0 Å². The number of hydrogen-bond donors (Lipinski definition) is 3. The van der Waals surface area contributed by atoms with Crippen LogP contribution in [-0.4, -0.2) is 58.0 Å². The number of carbonyl (C=O) groups is 2. The Balaban J connectivity index is 1.43. The largest absolute Gasteiger partial charge is 0.454 e. The molecule has 2 aliphatic heterocycles. The summed E-state index contributed by atoms with van der Waals surface area (Å²) in [5.41, 5.74) is 0.494. The van der Waals surface area contributed by atoms with Crippen LogP contribution in [0, 0.1) is 0 Å². The van der Waals surface area contributed by atoms with E-state index in [0.29, 0.717) is 23.7 Å². The topological polar surface area (TPSA) is 90.3 Å². The molecular formula is C15H20N3O5+. The van der Waals surface area contributed by atoms with Crippen molar-refractivity contribution in [3.05, 3.63) is 18.2 Å². The van der Waals surface area contributed by atoms with Crippen molar-refractivity contribution in [3.63, 3.8) is 0 Å². The fourth-order valence-corrected chi connectivity index (χ4v) is 2.51. The quantitative estimate of drug-likeness (QED) is 0.580. The van der Waals surface area contributed by atoms with Crippen LogP contribution in [0.3, 0.4) is 0 Å². The summed E-state index contributed by atoms with van der Waals surface area (Å²) in [6, 6.07) is 4.99. The van der Waals surface area contributed by atoms with Crippen molar-refractivity contribution in [2.24, 2.45) is 0 Å². The molecule has 0 atom stereocenters. The number of ether oxygens (including phenoxy) is 3. The van der Waals surface area contributed by atoms with E-state index in [2.05, 4.69) is 10.6 Å². The van der Waals surface area contributed by atoms with E-state index in [0.717, 1.165) is 32.8 Å². The standard InChI is InChI=1S/C15H19N3O5/c19-14(16-3-4-18-5-7-21-8-6-18)15(20)17-11-1-2-12-13(9-11)23-10-22-12/h1-2,9H,3-8,10H2,(H,16,19)(H,17,20)/p+1. The number of nitrogens with one attached hydrogen (secondary N) is 3. The number of hydrogen-bond acceptors (Lipinski definition) is 5. The van der Waals surface area contributed by atoms with Crippen molar-refractivity contribution >= 4 is 17.5 Å². The zero-order valence-electron chi connectivity index (χ0n) is 12.7. The van der Waals surface area contributed by atoms with E-state index >= 15 is 0 Å². The van der Waals surface area contributed by atoms with E-state index in [1.807, 2.05) is 0 Å². The maximum atomic E-state index is 11.9.